The first-order chi connectivity index (χ1) is 7.32. The molecule has 6 heteroatoms. The molecule has 0 rings (SSSR count). The van der Waals surface area contributed by atoms with Crippen LogP contribution >= 0.6 is 11.6 Å². The van der Waals surface area contributed by atoms with E-state index in [1.807, 2.05) is 6.92 Å². The molecule has 4 nitrogen and oxygen atoms in total. The van der Waals surface area contributed by atoms with E-state index in [9.17, 15) is 13.2 Å². The minimum absolute atomic E-state index is 0.313. The third-order valence-electron chi connectivity index (χ3n) is 2.67. The summed E-state index contributed by atoms with van der Waals surface area (Å²) in [5, 5.41) is 1.66. The Bertz CT molecular complexity index is 316. The highest BCUT2D eigenvalue weighted by Crippen LogP contribution is 2.08. The number of amides is 1. The summed E-state index contributed by atoms with van der Waals surface area (Å²) in [6, 6.07) is 0. The predicted octanol–water partition coefficient (Wildman–Crippen LogP) is 1.19. The third kappa shape index (κ3) is 5.70. The highest BCUT2D eigenvalue weighted by atomic mass is 35.5. The molecule has 0 aromatic heterocycles. The fourth-order valence-electron chi connectivity index (χ4n) is 1.19. The molecular weight excluding hydrogens is 250 g/mol. The zero-order chi connectivity index (χ0) is 12.8. The van der Waals surface area contributed by atoms with Crippen LogP contribution in [0.3, 0.4) is 0 Å². The largest absolute Gasteiger partial charge is 0.355 e. The van der Waals surface area contributed by atoms with Gasteiger partial charge in [0, 0.05) is 18.7 Å². The van der Waals surface area contributed by atoms with E-state index in [1.54, 1.807) is 0 Å². The fraction of sp³-hybridized carbons (Fsp3) is 0.900. The first kappa shape index (κ1) is 15.7. The molecule has 0 aliphatic carbocycles. The van der Waals surface area contributed by atoms with Crippen molar-refractivity contribution in [3.8, 4) is 0 Å². The molecule has 0 aliphatic heterocycles. The molecule has 0 saturated heterocycles. The van der Waals surface area contributed by atoms with Gasteiger partial charge in [-0.2, -0.15) is 0 Å². The Morgan fingerprint density at radius 2 is 2.00 bits per heavy atom. The van der Waals surface area contributed by atoms with Crippen LogP contribution in [0.4, 0.5) is 0 Å². The van der Waals surface area contributed by atoms with Gasteiger partial charge in [0.2, 0.25) is 5.91 Å². The maximum absolute atomic E-state index is 11.5. The van der Waals surface area contributed by atoms with Gasteiger partial charge in [-0.3, -0.25) is 4.79 Å². The van der Waals surface area contributed by atoms with Crippen molar-refractivity contribution in [2.75, 3.05) is 18.7 Å². The summed E-state index contributed by atoms with van der Waals surface area (Å²) in [5.41, 5.74) is 0. The SMILES string of the molecule is CCC(CCCl)CNC(=O)C(C)S(C)(=O)=O. The van der Waals surface area contributed by atoms with Gasteiger partial charge in [0.25, 0.3) is 0 Å². The molecule has 0 radical (unpaired) electrons. The summed E-state index contributed by atoms with van der Waals surface area (Å²) in [6.07, 6.45) is 2.80. The van der Waals surface area contributed by atoms with Crippen molar-refractivity contribution < 1.29 is 13.2 Å². The van der Waals surface area contributed by atoms with E-state index in [1.165, 1.54) is 6.92 Å². The van der Waals surface area contributed by atoms with Gasteiger partial charge in [-0.05, 0) is 19.3 Å². The molecule has 16 heavy (non-hydrogen) atoms. The molecule has 0 aromatic rings. The summed E-state index contributed by atoms with van der Waals surface area (Å²) >= 11 is 5.62. The summed E-state index contributed by atoms with van der Waals surface area (Å²) < 4.78 is 22.3. The van der Waals surface area contributed by atoms with Crippen LogP contribution in [0.15, 0.2) is 0 Å². The number of carbonyl (C=O) groups excluding carboxylic acids is 1. The van der Waals surface area contributed by atoms with Crippen LogP contribution in [-0.4, -0.2) is 38.3 Å². The van der Waals surface area contributed by atoms with E-state index in [2.05, 4.69) is 5.32 Å². The van der Waals surface area contributed by atoms with E-state index in [-0.39, 0.29) is 0 Å². The summed E-state index contributed by atoms with van der Waals surface area (Å²) in [6.45, 7) is 3.90. The number of hydrogen-bond donors (Lipinski definition) is 1. The number of sulfone groups is 1. The standard InChI is InChI=1S/C10H20ClNO3S/c1-4-9(5-6-11)7-12-10(13)8(2)16(3,14)15/h8-9H,4-7H2,1-3H3,(H,12,13). The first-order valence-corrected chi connectivity index (χ1v) is 7.84. The Morgan fingerprint density at radius 3 is 2.38 bits per heavy atom. The lowest BCUT2D eigenvalue weighted by atomic mass is 10.0. The van der Waals surface area contributed by atoms with Crippen molar-refractivity contribution in [2.45, 2.75) is 31.9 Å². The Kier molecular flexibility index (Phi) is 6.99. The number of rotatable bonds is 7. The second-order valence-electron chi connectivity index (χ2n) is 3.97. The fourth-order valence-corrected chi connectivity index (χ4v) is 1.97. The Hall–Kier alpha value is -0.290. The van der Waals surface area contributed by atoms with Crippen LogP contribution in [0, 0.1) is 5.92 Å². The zero-order valence-corrected chi connectivity index (χ0v) is 11.6. The summed E-state index contributed by atoms with van der Waals surface area (Å²) in [4.78, 5) is 11.5. The van der Waals surface area contributed by atoms with Gasteiger partial charge in [-0.15, -0.1) is 11.6 Å². The molecule has 2 atom stereocenters. The van der Waals surface area contributed by atoms with E-state index in [0.717, 1.165) is 19.1 Å². The maximum atomic E-state index is 11.5. The molecule has 0 spiro atoms. The van der Waals surface area contributed by atoms with Crippen molar-refractivity contribution in [2.24, 2.45) is 5.92 Å². The zero-order valence-electron chi connectivity index (χ0n) is 9.99. The topological polar surface area (TPSA) is 63.2 Å². The Labute approximate surface area is 103 Å². The maximum Gasteiger partial charge on any atom is 0.238 e. The molecule has 2 unspecified atom stereocenters. The number of alkyl halides is 1. The molecule has 0 aromatic carbocycles. The lowest BCUT2D eigenvalue weighted by molar-refractivity contribution is -0.120. The minimum atomic E-state index is -3.31. The summed E-state index contributed by atoms with van der Waals surface area (Å²) in [5.74, 6) is 0.430. The number of halogens is 1. The van der Waals surface area contributed by atoms with E-state index in [4.69, 9.17) is 11.6 Å². The molecule has 0 bridgehead atoms. The third-order valence-corrected chi connectivity index (χ3v) is 4.39. The van der Waals surface area contributed by atoms with Gasteiger partial charge in [-0.1, -0.05) is 13.3 Å². The van der Waals surface area contributed by atoms with Gasteiger partial charge < -0.3 is 5.32 Å². The van der Waals surface area contributed by atoms with E-state index in [0.29, 0.717) is 18.3 Å². The Morgan fingerprint density at radius 1 is 1.44 bits per heavy atom. The van der Waals surface area contributed by atoms with Gasteiger partial charge in [0.05, 0.1) is 0 Å². The monoisotopic (exact) mass is 269 g/mol. The second kappa shape index (κ2) is 7.12. The second-order valence-corrected chi connectivity index (χ2v) is 6.71. The average Bonchev–Trinajstić information content (AvgIpc) is 2.21. The molecule has 96 valence electrons. The van der Waals surface area contributed by atoms with Crippen molar-refractivity contribution >= 4 is 27.3 Å². The van der Waals surface area contributed by atoms with Crippen molar-refractivity contribution in [1.82, 2.24) is 5.32 Å². The van der Waals surface area contributed by atoms with Crippen LogP contribution in [-0.2, 0) is 14.6 Å². The smallest absolute Gasteiger partial charge is 0.238 e. The van der Waals surface area contributed by atoms with Crippen molar-refractivity contribution in [3.05, 3.63) is 0 Å². The van der Waals surface area contributed by atoms with Gasteiger partial charge in [-0.25, -0.2) is 8.42 Å². The average molecular weight is 270 g/mol. The van der Waals surface area contributed by atoms with Crippen LogP contribution in [0.1, 0.15) is 26.7 Å². The van der Waals surface area contributed by atoms with E-state index < -0.39 is 21.0 Å². The highest BCUT2D eigenvalue weighted by Gasteiger charge is 2.23. The van der Waals surface area contributed by atoms with Crippen LogP contribution in [0.5, 0.6) is 0 Å². The van der Waals surface area contributed by atoms with Gasteiger partial charge in [0.15, 0.2) is 9.84 Å². The molecule has 0 heterocycles. The van der Waals surface area contributed by atoms with Gasteiger partial charge >= 0.3 is 0 Å². The Balaban J connectivity index is 4.16. The highest BCUT2D eigenvalue weighted by molar-refractivity contribution is 7.92. The molecule has 1 amide bonds. The summed E-state index contributed by atoms with van der Waals surface area (Å²) in [7, 11) is -3.31. The molecule has 0 aliphatic rings. The van der Waals surface area contributed by atoms with Crippen molar-refractivity contribution in [3.63, 3.8) is 0 Å². The lowest BCUT2D eigenvalue weighted by Gasteiger charge is -2.16. The number of carbonyl (C=O) groups is 1. The van der Waals surface area contributed by atoms with E-state index >= 15 is 0 Å². The molecule has 1 N–H and O–H groups in total. The molecule has 0 fully saturated rings. The van der Waals surface area contributed by atoms with Crippen LogP contribution < -0.4 is 5.32 Å². The first-order valence-electron chi connectivity index (χ1n) is 5.35. The van der Waals surface area contributed by atoms with Crippen LogP contribution in [0.25, 0.3) is 0 Å². The number of hydrogen-bond acceptors (Lipinski definition) is 3. The normalized spacial score (nSPS) is 15.5. The predicted molar refractivity (Wildman–Crippen MR) is 66.4 cm³/mol. The minimum Gasteiger partial charge on any atom is -0.355 e. The molecule has 0 saturated carbocycles. The van der Waals surface area contributed by atoms with Gasteiger partial charge in [0.1, 0.15) is 5.25 Å². The molecular formula is C10H20ClNO3S. The van der Waals surface area contributed by atoms with Crippen molar-refractivity contribution in [1.29, 1.82) is 0 Å². The quantitative estimate of drug-likeness (QED) is 0.706. The van der Waals surface area contributed by atoms with Crippen LogP contribution in [0.2, 0.25) is 0 Å². The number of nitrogens with one attached hydrogen (secondary N) is 1. The lowest BCUT2D eigenvalue weighted by Crippen LogP contribution is -2.39.